The number of hydrogen-bond donors (Lipinski definition) is 1. The summed E-state index contributed by atoms with van der Waals surface area (Å²) in [5.74, 6) is -0.371. The molecule has 0 aromatic heterocycles. The monoisotopic (exact) mass is 461 g/mol. The molecule has 11 heteroatoms. The van der Waals surface area contributed by atoms with E-state index in [2.05, 4.69) is 5.32 Å². The minimum Gasteiger partial charge on any atom is -0.497 e. The third-order valence-corrected chi connectivity index (χ3v) is 5.52. The molecule has 1 N–H and O–H groups in total. The van der Waals surface area contributed by atoms with E-state index < -0.39 is 16.1 Å². The van der Waals surface area contributed by atoms with Crippen molar-refractivity contribution in [2.45, 2.75) is 0 Å². The highest BCUT2D eigenvalue weighted by atomic mass is 35.5. The van der Waals surface area contributed by atoms with Crippen LogP contribution in [-0.2, 0) is 4.79 Å². The van der Waals surface area contributed by atoms with Gasteiger partial charge in [-0.1, -0.05) is 23.7 Å². The van der Waals surface area contributed by atoms with Crippen LogP contribution >= 0.6 is 23.4 Å². The number of carbonyl (C=O) groups excluding carboxylic acids is 3. The summed E-state index contributed by atoms with van der Waals surface area (Å²) in [4.78, 5) is 48.5. The van der Waals surface area contributed by atoms with Crippen molar-refractivity contribution in [2.24, 2.45) is 0 Å². The van der Waals surface area contributed by atoms with Crippen LogP contribution in [0, 0.1) is 10.1 Å². The van der Waals surface area contributed by atoms with Crippen molar-refractivity contribution in [1.29, 1.82) is 0 Å². The van der Waals surface area contributed by atoms with Gasteiger partial charge in [0.2, 0.25) is 0 Å². The largest absolute Gasteiger partial charge is 0.497 e. The predicted octanol–water partition coefficient (Wildman–Crippen LogP) is 3.72. The number of ether oxygens (including phenoxy) is 1. The van der Waals surface area contributed by atoms with E-state index in [9.17, 15) is 24.5 Å². The van der Waals surface area contributed by atoms with Gasteiger partial charge in [-0.3, -0.25) is 29.4 Å². The van der Waals surface area contributed by atoms with Crippen LogP contribution < -0.4 is 10.1 Å². The lowest BCUT2D eigenvalue weighted by Crippen LogP contribution is -2.37. The molecule has 2 aromatic carbocycles. The molecule has 1 aliphatic rings. The quantitative estimate of drug-likeness (QED) is 0.379. The number of hydrogen-bond acceptors (Lipinski definition) is 7. The SMILES string of the molecule is COc1cccc(C(=O)NCCN2C(=O)S/C(=C\c3ccc(Cl)c([N+](=O)[O-])c3)C2=O)c1. The number of carbonyl (C=O) groups is 3. The molecular weight excluding hydrogens is 446 g/mol. The Hall–Kier alpha value is -3.37. The lowest BCUT2D eigenvalue weighted by molar-refractivity contribution is -0.384. The Kier molecular flexibility index (Phi) is 6.93. The molecule has 0 bridgehead atoms. The molecule has 0 radical (unpaired) electrons. The summed E-state index contributed by atoms with van der Waals surface area (Å²) in [6.07, 6.45) is 1.39. The van der Waals surface area contributed by atoms with Crippen molar-refractivity contribution in [3.05, 3.63) is 73.6 Å². The molecule has 0 unspecified atom stereocenters. The fourth-order valence-corrected chi connectivity index (χ4v) is 3.80. The zero-order chi connectivity index (χ0) is 22.5. The van der Waals surface area contributed by atoms with Crippen molar-refractivity contribution >= 4 is 52.2 Å². The Morgan fingerprint density at radius 3 is 2.77 bits per heavy atom. The molecule has 0 saturated carbocycles. The van der Waals surface area contributed by atoms with Gasteiger partial charge in [0.15, 0.2) is 0 Å². The number of imide groups is 1. The molecule has 31 heavy (non-hydrogen) atoms. The second kappa shape index (κ2) is 9.63. The average Bonchev–Trinajstić information content (AvgIpc) is 3.02. The number of methoxy groups -OCH3 is 1. The Morgan fingerprint density at radius 1 is 1.29 bits per heavy atom. The van der Waals surface area contributed by atoms with Crippen LogP contribution in [0.3, 0.4) is 0 Å². The molecule has 2 aromatic rings. The van der Waals surface area contributed by atoms with E-state index in [4.69, 9.17) is 16.3 Å². The number of nitrogens with one attached hydrogen (secondary N) is 1. The van der Waals surface area contributed by atoms with E-state index in [1.807, 2.05) is 0 Å². The number of amides is 3. The number of thioether (sulfide) groups is 1. The van der Waals surface area contributed by atoms with Crippen LogP contribution in [-0.4, -0.2) is 47.1 Å². The molecular formula is C20H16ClN3O6S. The van der Waals surface area contributed by atoms with E-state index in [-0.39, 0.29) is 34.6 Å². The summed E-state index contributed by atoms with van der Waals surface area (Å²) in [6, 6.07) is 10.7. The lowest BCUT2D eigenvalue weighted by atomic mass is 10.2. The summed E-state index contributed by atoms with van der Waals surface area (Å²) in [5.41, 5.74) is 0.459. The molecule has 1 aliphatic heterocycles. The number of nitro benzene ring substituents is 1. The number of benzene rings is 2. The standard InChI is InChI=1S/C20H16ClN3O6S/c1-30-14-4-2-3-13(11-14)18(25)22-7-8-23-19(26)17(31-20(23)27)10-12-5-6-15(21)16(9-12)24(28)29/h2-6,9-11H,7-8H2,1H3,(H,22,25)/b17-10-. The topological polar surface area (TPSA) is 119 Å². The maximum atomic E-state index is 12.6. The van der Waals surface area contributed by atoms with E-state index in [1.165, 1.54) is 31.4 Å². The van der Waals surface area contributed by atoms with Crippen molar-refractivity contribution < 1.29 is 24.0 Å². The van der Waals surface area contributed by atoms with Crippen LogP contribution in [0.25, 0.3) is 6.08 Å². The van der Waals surface area contributed by atoms with Gasteiger partial charge in [-0.2, -0.15) is 0 Å². The molecule has 1 saturated heterocycles. The average molecular weight is 462 g/mol. The number of halogens is 1. The predicted molar refractivity (Wildman–Crippen MR) is 116 cm³/mol. The minimum absolute atomic E-state index is 0.0154. The summed E-state index contributed by atoms with van der Waals surface area (Å²) < 4.78 is 5.08. The number of rotatable bonds is 7. The van der Waals surface area contributed by atoms with Crippen LogP contribution in [0.4, 0.5) is 10.5 Å². The fourth-order valence-electron chi connectivity index (χ4n) is 2.75. The van der Waals surface area contributed by atoms with Gasteiger partial charge in [0.05, 0.1) is 16.9 Å². The molecule has 1 fully saturated rings. The Bertz CT molecular complexity index is 1100. The number of nitro groups is 1. The van der Waals surface area contributed by atoms with Crippen molar-refractivity contribution in [3.63, 3.8) is 0 Å². The lowest BCUT2D eigenvalue weighted by Gasteiger charge is -2.13. The first-order chi connectivity index (χ1) is 14.8. The first kappa shape index (κ1) is 22.3. The van der Waals surface area contributed by atoms with Gasteiger partial charge in [-0.15, -0.1) is 0 Å². The van der Waals surface area contributed by atoms with Crippen LogP contribution in [0.15, 0.2) is 47.4 Å². The third-order valence-electron chi connectivity index (χ3n) is 4.29. The molecule has 0 spiro atoms. The van der Waals surface area contributed by atoms with Gasteiger partial charge < -0.3 is 10.1 Å². The highest BCUT2D eigenvalue weighted by molar-refractivity contribution is 8.18. The van der Waals surface area contributed by atoms with Crippen molar-refractivity contribution in [2.75, 3.05) is 20.2 Å². The first-order valence-electron chi connectivity index (χ1n) is 8.91. The van der Waals surface area contributed by atoms with Crippen molar-refractivity contribution in [3.8, 4) is 5.75 Å². The summed E-state index contributed by atoms with van der Waals surface area (Å²) in [7, 11) is 1.49. The number of nitrogens with zero attached hydrogens (tertiary/aromatic N) is 2. The molecule has 3 amide bonds. The normalized spacial score (nSPS) is 14.8. The Labute approximate surface area is 186 Å². The summed E-state index contributed by atoms with van der Waals surface area (Å²) >= 11 is 6.51. The molecule has 0 aliphatic carbocycles. The van der Waals surface area contributed by atoms with Gasteiger partial charge >= 0.3 is 0 Å². The van der Waals surface area contributed by atoms with Crippen LogP contribution in [0.1, 0.15) is 15.9 Å². The molecule has 3 rings (SSSR count). The van der Waals surface area contributed by atoms with Crippen LogP contribution in [0.2, 0.25) is 5.02 Å². The highest BCUT2D eigenvalue weighted by Crippen LogP contribution is 2.33. The van der Waals surface area contributed by atoms with E-state index in [0.29, 0.717) is 16.9 Å². The summed E-state index contributed by atoms with van der Waals surface area (Å²) in [5, 5.41) is 13.1. The van der Waals surface area contributed by atoms with Gasteiger partial charge in [-0.05, 0) is 47.7 Å². The van der Waals surface area contributed by atoms with Gasteiger partial charge in [0, 0.05) is 24.7 Å². The fraction of sp³-hybridized carbons (Fsp3) is 0.150. The molecule has 0 atom stereocenters. The van der Waals surface area contributed by atoms with Crippen molar-refractivity contribution in [1.82, 2.24) is 10.2 Å². The smallest absolute Gasteiger partial charge is 0.293 e. The van der Waals surface area contributed by atoms with Gasteiger partial charge in [0.25, 0.3) is 22.7 Å². The first-order valence-corrected chi connectivity index (χ1v) is 10.1. The van der Waals surface area contributed by atoms with Gasteiger partial charge in [-0.25, -0.2) is 0 Å². The van der Waals surface area contributed by atoms with Gasteiger partial charge in [0.1, 0.15) is 10.8 Å². The van der Waals surface area contributed by atoms with Crippen LogP contribution in [0.5, 0.6) is 5.75 Å². The highest BCUT2D eigenvalue weighted by Gasteiger charge is 2.34. The van der Waals surface area contributed by atoms with E-state index >= 15 is 0 Å². The van der Waals surface area contributed by atoms with E-state index in [1.54, 1.807) is 24.3 Å². The molecule has 1 heterocycles. The zero-order valence-corrected chi connectivity index (χ0v) is 17.7. The maximum absolute atomic E-state index is 12.6. The summed E-state index contributed by atoms with van der Waals surface area (Å²) in [6.45, 7) is 0.0479. The zero-order valence-electron chi connectivity index (χ0n) is 16.2. The van der Waals surface area contributed by atoms with E-state index in [0.717, 1.165) is 16.7 Å². The Morgan fingerprint density at radius 2 is 2.06 bits per heavy atom. The second-order valence-corrected chi connectivity index (χ2v) is 7.69. The Balaban J connectivity index is 1.64. The molecule has 9 nitrogen and oxygen atoms in total. The molecule has 160 valence electrons. The third kappa shape index (κ3) is 5.22. The second-order valence-electron chi connectivity index (χ2n) is 6.29. The minimum atomic E-state index is -0.629. The maximum Gasteiger partial charge on any atom is 0.293 e.